The van der Waals surface area contributed by atoms with Crippen LogP contribution in [0.1, 0.15) is 31.2 Å². The van der Waals surface area contributed by atoms with Gasteiger partial charge < -0.3 is 9.80 Å². The van der Waals surface area contributed by atoms with Gasteiger partial charge in [0, 0.05) is 18.7 Å². The van der Waals surface area contributed by atoms with Crippen LogP contribution >= 0.6 is 0 Å². The van der Waals surface area contributed by atoms with Gasteiger partial charge in [-0.05, 0) is 31.7 Å². The number of amides is 1. The minimum atomic E-state index is -0.127. The van der Waals surface area contributed by atoms with Crippen LogP contribution in [0.25, 0.3) is 0 Å². The fraction of sp³-hybridized carbons (Fsp3) is 0.588. The van der Waals surface area contributed by atoms with E-state index in [9.17, 15) is 9.18 Å². The van der Waals surface area contributed by atoms with Gasteiger partial charge in [0.25, 0.3) is 0 Å². The first-order valence-corrected chi connectivity index (χ1v) is 8.10. The second-order valence-corrected chi connectivity index (χ2v) is 6.34. The summed E-state index contributed by atoms with van der Waals surface area (Å²) < 4.78 is 13.8. The number of hydrogen-bond acceptors (Lipinski definition) is 1. The number of halogens is 1. The second-order valence-electron chi connectivity index (χ2n) is 6.34. The molecule has 2 heterocycles. The Morgan fingerprint density at radius 1 is 1.24 bits per heavy atom. The Labute approximate surface area is 125 Å². The van der Waals surface area contributed by atoms with Gasteiger partial charge >= 0.3 is 0 Å². The van der Waals surface area contributed by atoms with Crippen molar-refractivity contribution in [3.05, 3.63) is 35.6 Å². The van der Waals surface area contributed by atoms with Gasteiger partial charge in [0.05, 0.1) is 19.0 Å². The lowest BCUT2D eigenvalue weighted by molar-refractivity contribution is -0.921. The topological polar surface area (TPSA) is 24.8 Å². The standard InChI is InChI=1S/C17H23FN2O/c18-16-8-2-1-6-14(16)12-19-9-5-7-15(13-19)17(21)20-10-3-4-11-20/h1-2,6,8,15H,3-5,7,9-13H2/p+1/t15-/m1/s1. The Bertz CT molecular complexity index is 499. The van der Waals surface area contributed by atoms with E-state index < -0.39 is 0 Å². The molecule has 1 N–H and O–H groups in total. The molecule has 2 aliphatic rings. The maximum Gasteiger partial charge on any atom is 0.231 e. The molecule has 1 amide bonds. The molecule has 4 heteroatoms. The number of rotatable bonds is 3. The maximum atomic E-state index is 13.8. The van der Waals surface area contributed by atoms with Gasteiger partial charge in [-0.25, -0.2) is 4.39 Å². The molecule has 1 unspecified atom stereocenters. The first-order chi connectivity index (χ1) is 10.2. The van der Waals surface area contributed by atoms with Crippen LogP contribution in [-0.2, 0) is 11.3 Å². The van der Waals surface area contributed by atoms with Crippen LogP contribution in [0.3, 0.4) is 0 Å². The van der Waals surface area contributed by atoms with Gasteiger partial charge in [0.2, 0.25) is 5.91 Å². The van der Waals surface area contributed by atoms with Crippen molar-refractivity contribution in [3.63, 3.8) is 0 Å². The van der Waals surface area contributed by atoms with Gasteiger partial charge in [-0.15, -0.1) is 0 Å². The third-order valence-corrected chi connectivity index (χ3v) is 4.78. The molecule has 3 nitrogen and oxygen atoms in total. The Balaban J connectivity index is 1.60. The molecule has 2 fully saturated rings. The van der Waals surface area contributed by atoms with Gasteiger partial charge in [-0.2, -0.15) is 0 Å². The molecule has 1 aromatic carbocycles. The van der Waals surface area contributed by atoms with E-state index in [-0.39, 0.29) is 11.7 Å². The summed E-state index contributed by atoms with van der Waals surface area (Å²) in [4.78, 5) is 15.9. The number of benzene rings is 1. The van der Waals surface area contributed by atoms with E-state index >= 15 is 0 Å². The summed E-state index contributed by atoms with van der Waals surface area (Å²) in [6.45, 7) is 4.44. The molecule has 114 valence electrons. The van der Waals surface area contributed by atoms with E-state index in [1.807, 2.05) is 17.0 Å². The van der Waals surface area contributed by atoms with Crippen molar-refractivity contribution in [2.24, 2.45) is 5.92 Å². The Morgan fingerprint density at radius 2 is 2.00 bits per heavy atom. The van der Waals surface area contributed by atoms with E-state index in [1.54, 1.807) is 6.07 Å². The number of nitrogens with zero attached hydrogens (tertiary/aromatic N) is 1. The van der Waals surface area contributed by atoms with Gasteiger partial charge in [0.15, 0.2) is 0 Å². The molecule has 0 radical (unpaired) electrons. The van der Waals surface area contributed by atoms with Gasteiger partial charge in [-0.3, -0.25) is 4.79 Å². The van der Waals surface area contributed by atoms with Crippen molar-refractivity contribution in [1.29, 1.82) is 0 Å². The minimum absolute atomic E-state index is 0.127. The SMILES string of the molecule is O=C([C@@H]1CCC[NH+](Cc2ccccc2F)C1)N1CCCC1. The highest BCUT2D eigenvalue weighted by molar-refractivity contribution is 5.79. The highest BCUT2D eigenvalue weighted by atomic mass is 19.1. The van der Waals surface area contributed by atoms with Crippen LogP contribution in [0, 0.1) is 11.7 Å². The lowest BCUT2D eigenvalue weighted by atomic mass is 9.96. The van der Waals surface area contributed by atoms with Gasteiger partial charge in [0.1, 0.15) is 12.4 Å². The Morgan fingerprint density at radius 3 is 2.76 bits per heavy atom. The van der Waals surface area contributed by atoms with Crippen LogP contribution in [0.4, 0.5) is 4.39 Å². The van der Waals surface area contributed by atoms with Crippen molar-refractivity contribution >= 4 is 5.91 Å². The second kappa shape index (κ2) is 6.56. The third-order valence-electron chi connectivity index (χ3n) is 4.78. The summed E-state index contributed by atoms with van der Waals surface area (Å²) in [7, 11) is 0. The Hall–Kier alpha value is -1.42. The molecule has 1 aromatic rings. The average Bonchev–Trinajstić information content (AvgIpc) is 3.03. The van der Waals surface area contributed by atoms with Crippen molar-refractivity contribution < 1.29 is 14.1 Å². The smallest absolute Gasteiger partial charge is 0.231 e. The minimum Gasteiger partial charge on any atom is -0.342 e. The molecule has 21 heavy (non-hydrogen) atoms. The predicted octanol–water partition coefficient (Wildman–Crippen LogP) is 1.24. The lowest BCUT2D eigenvalue weighted by Crippen LogP contribution is -3.12. The quantitative estimate of drug-likeness (QED) is 0.890. The van der Waals surface area contributed by atoms with Crippen LogP contribution in [-0.4, -0.2) is 37.0 Å². The molecule has 0 aromatic heterocycles. The van der Waals surface area contributed by atoms with Crippen LogP contribution < -0.4 is 4.90 Å². The fourth-order valence-corrected chi connectivity index (χ4v) is 3.63. The van der Waals surface area contributed by atoms with E-state index in [4.69, 9.17) is 0 Å². The summed E-state index contributed by atoms with van der Waals surface area (Å²) in [5, 5.41) is 0. The molecule has 0 aliphatic carbocycles. The molecular weight excluding hydrogens is 267 g/mol. The molecule has 3 rings (SSSR count). The van der Waals surface area contributed by atoms with Crippen molar-refractivity contribution in [3.8, 4) is 0 Å². The zero-order valence-corrected chi connectivity index (χ0v) is 12.5. The first kappa shape index (κ1) is 14.5. The summed E-state index contributed by atoms with van der Waals surface area (Å²) in [5.41, 5.74) is 0.766. The van der Waals surface area contributed by atoms with E-state index in [0.717, 1.165) is 57.4 Å². The summed E-state index contributed by atoms with van der Waals surface area (Å²) in [6, 6.07) is 6.98. The summed E-state index contributed by atoms with van der Waals surface area (Å²) in [5.74, 6) is 0.342. The average molecular weight is 291 g/mol. The highest BCUT2D eigenvalue weighted by Crippen LogP contribution is 2.16. The molecule has 2 atom stereocenters. The normalized spacial score (nSPS) is 26.0. The molecular formula is C17H24FN2O+. The van der Waals surface area contributed by atoms with Crippen molar-refractivity contribution in [2.75, 3.05) is 26.2 Å². The predicted molar refractivity (Wildman–Crippen MR) is 79.3 cm³/mol. The number of carbonyl (C=O) groups excluding carboxylic acids is 1. The molecule has 2 aliphatic heterocycles. The number of hydrogen-bond donors (Lipinski definition) is 1. The maximum absolute atomic E-state index is 13.8. The molecule has 0 bridgehead atoms. The first-order valence-electron chi connectivity index (χ1n) is 8.10. The highest BCUT2D eigenvalue weighted by Gasteiger charge is 2.32. The zero-order valence-electron chi connectivity index (χ0n) is 12.5. The number of likely N-dealkylation sites (tertiary alicyclic amines) is 2. The third kappa shape index (κ3) is 3.43. The molecule has 0 saturated carbocycles. The van der Waals surface area contributed by atoms with E-state index in [2.05, 4.69) is 0 Å². The van der Waals surface area contributed by atoms with E-state index in [1.165, 1.54) is 11.0 Å². The van der Waals surface area contributed by atoms with E-state index in [0.29, 0.717) is 12.5 Å². The summed E-state index contributed by atoms with van der Waals surface area (Å²) >= 11 is 0. The summed E-state index contributed by atoms with van der Waals surface area (Å²) in [6.07, 6.45) is 4.35. The number of nitrogens with one attached hydrogen (secondary N) is 1. The van der Waals surface area contributed by atoms with Crippen LogP contribution in [0.2, 0.25) is 0 Å². The number of quaternary nitrogens is 1. The lowest BCUT2D eigenvalue weighted by Gasteiger charge is -2.31. The van der Waals surface area contributed by atoms with Gasteiger partial charge in [-0.1, -0.05) is 18.2 Å². The molecule has 0 spiro atoms. The number of carbonyl (C=O) groups is 1. The fourth-order valence-electron chi connectivity index (χ4n) is 3.63. The Kier molecular flexibility index (Phi) is 4.54. The van der Waals surface area contributed by atoms with Crippen molar-refractivity contribution in [2.45, 2.75) is 32.2 Å². The van der Waals surface area contributed by atoms with Crippen LogP contribution in [0.5, 0.6) is 0 Å². The number of piperidine rings is 1. The molecule has 2 saturated heterocycles. The monoisotopic (exact) mass is 291 g/mol. The van der Waals surface area contributed by atoms with Crippen LogP contribution in [0.15, 0.2) is 24.3 Å². The zero-order chi connectivity index (χ0) is 14.7. The van der Waals surface area contributed by atoms with Crippen molar-refractivity contribution in [1.82, 2.24) is 4.90 Å². The largest absolute Gasteiger partial charge is 0.342 e.